The van der Waals surface area contributed by atoms with Crippen molar-refractivity contribution in [1.82, 2.24) is 4.90 Å². The van der Waals surface area contributed by atoms with Gasteiger partial charge in [-0.15, -0.1) is 0 Å². The summed E-state index contributed by atoms with van der Waals surface area (Å²) in [4.78, 5) is 4.98. The molecule has 0 spiro atoms. The quantitative estimate of drug-likeness (QED) is 0.884. The number of rotatable bonds is 3. The molecule has 0 aromatic heterocycles. The van der Waals surface area contributed by atoms with Gasteiger partial charge >= 0.3 is 0 Å². The van der Waals surface area contributed by atoms with Crippen LogP contribution < -0.4 is 10.6 Å². The van der Waals surface area contributed by atoms with Gasteiger partial charge in [-0.2, -0.15) is 0 Å². The zero-order valence-corrected chi connectivity index (χ0v) is 11.5. The van der Waals surface area contributed by atoms with Gasteiger partial charge in [0.15, 0.2) is 0 Å². The summed E-state index contributed by atoms with van der Waals surface area (Å²) in [6, 6.07) is 11.3. The topological polar surface area (TPSA) is 32.5 Å². The highest BCUT2D eigenvalue weighted by Gasteiger charge is 2.26. The molecule has 2 N–H and O–H groups in total. The van der Waals surface area contributed by atoms with Gasteiger partial charge in [-0.05, 0) is 38.1 Å². The Balaban J connectivity index is 2.21. The lowest BCUT2D eigenvalue weighted by Gasteiger charge is -2.33. The molecule has 0 amide bonds. The second-order valence-corrected chi connectivity index (χ2v) is 5.55. The van der Waals surface area contributed by atoms with Gasteiger partial charge in [0.05, 0.1) is 0 Å². The van der Waals surface area contributed by atoms with E-state index in [4.69, 9.17) is 5.73 Å². The van der Waals surface area contributed by atoms with Crippen LogP contribution in [-0.2, 0) is 0 Å². The Morgan fingerprint density at radius 2 is 1.89 bits per heavy atom. The van der Waals surface area contributed by atoms with Gasteiger partial charge in [0.2, 0.25) is 0 Å². The first-order chi connectivity index (χ1) is 8.70. The summed E-state index contributed by atoms with van der Waals surface area (Å²) >= 11 is 0. The second kappa shape index (κ2) is 6.21. The number of hydrogen-bond acceptors (Lipinski definition) is 3. The third kappa shape index (κ3) is 3.24. The first-order valence-electron chi connectivity index (χ1n) is 6.91. The van der Waals surface area contributed by atoms with Gasteiger partial charge in [0.1, 0.15) is 0 Å². The van der Waals surface area contributed by atoms with E-state index in [-0.39, 0.29) is 0 Å². The molecule has 1 heterocycles. The Hall–Kier alpha value is -1.06. The minimum atomic E-state index is 0.535. The average molecular weight is 247 g/mol. The summed E-state index contributed by atoms with van der Waals surface area (Å²) in [6.45, 7) is 6.49. The van der Waals surface area contributed by atoms with Gasteiger partial charge < -0.3 is 15.5 Å². The van der Waals surface area contributed by atoms with Crippen molar-refractivity contribution >= 4 is 5.69 Å². The zero-order chi connectivity index (χ0) is 13.0. The lowest BCUT2D eigenvalue weighted by atomic mass is 10.1. The van der Waals surface area contributed by atoms with Gasteiger partial charge in [-0.25, -0.2) is 0 Å². The van der Waals surface area contributed by atoms with E-state index in [1.165, 1.54) is 12.2 Å². The monoisotopic (exact) mass is 247 g/mol. The number of nitrogens with zero attached hydrogens (tertiary/aromatic N) is 2. The number of para-hydroxylation sites is 1. The molecule has 3 heteroatoms. The first kappa shape index (κ1) is 13.4. The van der Waals surface area contributed by atoms with E-state index < -0.39 is 0 Å². The zero-order valence-electron chi connectivity index (χ0n) is 11.5. The molecule has 1 saturated heterocycles. The van der Waals surface area contributed by atoms with E-state index in [0.29, 0.717) is 12.0 Å². The largest absolute Gasteiger partial charge is 0.367 e. The Morgan fingerprint density at radius 1 is 1.17 bits per heavy atom. The highest BCUT2D eigenvalue weighted by Crippen LogP contribution is 2.23. The van der Waals surface area contributed by atoms with E-state index in [9.17, 15) is 0 Å². The van der Waals surface area contributed by atoms with Crippen LogP contribution >= 0.6 is 0 Å². The Kier molecular flexibility index (Phi) is 4.61. The van der Waals surface area contributed by atoms with Crippen LogP contribution in [0.2, 0.25) is 0 Å². The summed E-state index contributed by atoms with van der Waals surface area (Å²) in [5.41, 5.74) is 7.12. The second-order valence-electron chi connectivity index (χ2n) is 5.55. The maximum Gasteiger partial charge on any atom is 0.0429 e. The van der Waals surface area contributed by atoms with E-state index in [2.05, 4.69) is 54.1 Å². The van der Waals surface area contributed by atoms with Crippen LogP contribution in [0.3, 0.4) is 0 Å². The Bertz CT molecular complexity index is 352. The van der Waals surface area contributed by atoms with Crippen molar-refractivity contribution in [2.45, 2.75) is 19.4 Å². The fraction of sp³-hybridized carbons (Fsp3) is 0.600. The van der Waals surface area contributed by atoms with Crippen LogP contribution in [0, 0.1) is 5.92 Å². The molecule has 2 atom stereocenters. The van der Waals surface area contributed by atoms with Crippen molar-refractivity contribution in [3.05, 3.63) is 30.3 Å². The maximum atomic E-state index is 5.79. The molecule has 1 aliphatic heterocycles. The van der Waals surface area contributed by atoms with E-state index in [1.807, 2.05) is 0 Å². The molecule has 2 unspecified atom stereocenters. The molecule has 0 aliphatic carbocycles. The molecule has 1 aromatic rings. The number of nitrogens with two attached hydrogens (primary N) is 1. The van der Waals surface area contributed by atoms with Crippen LogP contribution in [0.25, 0.3) is 0 Å². The normalized spacial score (nSPS) is 26.1. The molecule has 1 fully saturated rings. The van der Waals surface area contributed by atoms with Crippen LogP contribution in [0.4, 0.5) is 5.69 Å². The van der Waals surface area contributed by atoms with Gasteiger partial charge in [0, 0.05) is 31.4 Å². The van der Waals surface area contributed by atoms with Gasteiger partial charge in [0.25, 0.3) is 0 Å². The summed E-state index contributed by atoms with van der Waals surface area (Å²) in [5, 5.41) is 0. The van der Waals surface area contributed by atoms with E-state index >= 15 is 0 Å². The van der Waals surface area contributed by atoms with E-state index in [1.54, 1.807) is 0 Å². The minimum Gasteiger partial charge on any atom is -0.367 e. The van der Waals surface area contributed by atoms with Crippen LogP contribution in [-0.4, -0.2) is 44.2 Å². The van der Waals surface area contributed by atoms with Crippen LogP contribution in [0.15, 0.2) is 30.3 Å². The summed E-state index contributed by atoms with van der Waals surface area (Å²) < 4.78 is 0. The molecule has 3 nitrogen and oxygen atoms in total. The van der Waals surface area contributed by atoms with Crippen LogP contribution in [0.1, 0.15) is 13.3 Å². The molecule has 18 heavy (non-hydrogen) atoms. The highest BCUT2D eigenvalue weighted by atomic mass is 15.2. The SMILES string of the molecule is CC1CN(C)CC(CCN)N(c2ccccc2)C1. The standard InChI is InChI=1S/C15H25N3/c1-13-10-17(2)12-15(8-9-16)18(11-13)14-6-4-3-5-7-14/h3-7,13,15H,8-12,16H2,1-2H3. The fourth-order valence-electron chi connectivity index (χ4n) is 2.98. The third-order valence-electron chi connectivity index (χ3n) is 3.68. The average Bonchev–Trinajstić information content (AvgIpc) is 2.49. The lowest BCUT2D eigenvalue weighted by Crippen LogP contribution is -2.42. The minimum absolute atomic E-state index is 0.535. The highest BCUT2D eigenvalue weighted by molar-refractivity contribution is 5.47. The van der Waals surface area contributed by atoms with Gasteiger partial charge in [-0.3, -0.25) is 0 Å². The molecular formula is C15H25N3. The van der Waals surface area contributed by atoms with Crippen molar-refractivity contribution in [3.63, 3.8) is 0 Å². The predicted octanol–water partition coefficient (Wildman–Crippen LogP) is 1.79. The fourth-order valence-corrected chi connectivity index (χ4v) is 2.98. The molecule has 1 aliphatic rings. The predicted molar refractivity (Wildman–Crippen MR) is 77.9 cm³/mol. The molecule has 1 aromatic carbocycles. The Labute approximate surface area is 111 Å². The van der Waals surface area contributed by atoms with Crippen LogP contribution in [0.5, 0.6) is 0 Å². The molecule has 0 bridgehead atoms. The maximum absolute atomic E-state index is 5.79. The molecule has 100 valence electrons. The van der Waals surface area contributed by atoms with Crippen molar-refractivity contribution < 1.29 is 0 Å². The molecular weight excluding hydrogens is 222 g/mol. The van der Waals surface area contributed by atoms with E-state index in [0.717, 1.165) is 26.1 Å². The molecule has 0 radical (unpaired) electrons. The van der Waals surface area contributed by atoms with Crippen molar-refractivity contribution in [2.24, 2.45) is 11.7 Å². The molecule has 2 rings (SSSR count). The summed E-state index contributed by atoms with van der Waals surface area (Å²) in [7, 11) is 2.22. The third-order valence-corrected chi connectivity index (χ3v) is 3.68. The number of likely N-dealkylation sites (N-methyl/N-ethyl adjacent to an activating group) is 1. The Morgan fingerprint density at radius 3 is 2.56 bits per heavy atom. The van der Waals surface area contributed by atoms with Crippen molar-refractivity contribution in [1.29, 1.82) is 0 Å². The van der Waals surface area contributed by atoms with Crippen molar-refractivity contribution in [3.8, 4) is 0 Å². The van der Waals surface area contributed by atoms with Crippen molar-refractivity contribution in [2.75, 3.05) is 38.1 Å². The summed E-state index contributed by atoms with van der Waals surface area (Å²) in [5.74, 6) is 0.693. The number of anilines is 1. The number of hydrogen-bond donors (Lipinski definition) is 1. The summed E-state index contributed by atoms with van der Waals surface area (Å²) in [6.07, 6.45) is 1.06. The van der Waals surface area contributed by atoms with Gasteiger partial charge in [-0.1, -0.05) is 25.1 Å². The smallest absolute Gasteiger partial charge is 0.0429 e. The lowest BCUT2D eigenvalue weighted by molar-refractivity contribution is 0.300. The first-order valence-corrected chi connectivity index (χ1v) is 6.91. The number of benzene rings is 1. The molecule has 0 saturated carbocycles.